The normalized spacial score (nSPS) is 10.4. The highest BCUT2D eigenvalue weighted by Gasteiger charge is 2.10. The zero-order valence-corrected chi connectivity index (χ0v) is 12.4. The van der Waals surface area contributed by atoms with Crippen LogP contribution in [-0.4, -0.2) is 4.98 Å². The fraction of sp³-hybridized carbons (Fsp3) is 0. The van der Waals surface area contributed by atoms with Crippen LogP contribution in [0.3, 0.4) is 0 Å². The van der Waals surface area contributed by atoms with Gasteiger partial charge in [0.2, 0.25) is 0 Å². The van der Waals surface area contributed by atoms with E-state index in [1.54, 1.807) is 11.3 Å². The van der Waals surface area contributed by atoms with Gasteiger partial charge in [0.25, 0.3) is 0 Å². The van der Waals surface area contributed by atoms with Crippen LogP contribution in [0.1, 0.15) is 0 Å². The van der Waals surface area contributed by atoms with Crippen LogP contribution < -0.4 is 5.32 Å². The molecule has 1 N–H and O–H groups in total. The van der Waals surface area contributed by atoms with Crippen LogP contribution in [-0.2, 0) is 0 Å². The summed E-state index contributed by atoms with van der Waals surface area (Å²) < 4.78 is 1.04. The van der Waals surface area contributed by atoms with Gasteiger partial charge in [0.15, 0.2) is 5.13 Å². The van der Waals surface area contributed by atoms with E-state index in [0.29, 0.717) is 0 Å². The Balaban J connectivity index is 1.90. The summed E-state index contributed by atoms with van der Waals surface area (Å²) in [5, 5.41) is 4.20. The van der Waals surface area contributed by atoms with E-state index in [4.69, 9.17) is 0 Å². The molecule has 0 atom stereocenters. The minimum absolute atomic E-state index is 0.886. The van der Waals surface area contributed by atoms with E-state index in [1.807, 2.05) is 48.5 Å². The fourth-order valence-electron chi connectivity index (χ4n) is 1.77. The predicted molar refractivity (Wildman–Crippen MR) is 85.0 cm³/mol. The first-order valence-electron chi connectivity index (χ1n) is 5.87. The summed E-state index contributed by atoms with van der Waals surface area (Å²) in [4.78, 5) is 4.64. The third-order valence-corrected chi connectivity index (χ3v) is 4.28. The average molecular weight is 331 g/mol. The van der Waals surface area contributed by atoms with Crippen molar-refractivity contribution in [2.45, 2.75) is 0 Å². The summed E-state index contributed by atoms with van der Waals surface area (Å²) in [7, 11) is 0. The molecule has 1 heterocycles. The maximum absolute atomic E-state index is 4.64. The lowest BCUT2D eigenvalue weighted by Gasteiger charge is -2.00. The van der Waals surface area contributed by atoms with Crippen molar-refractivity contribution in [1.82, 2.24) is 4.98 Å². The number of nitrogens with zero attached hydrogens (tertiary/aromatic N) is 1. The summed E-state index contributed by atoms with van der Waals surface area (Å²) in [5.74, 6) is 0. The Morgan fingerprint density at radius 2 is 1.53 bits per heavy atom. The zero-order valence-electron chi connectivity index (χ0n) is 10.0. The van der Waals surface area contributed by atoms with Gasteiger partial charge in [0.05, 0.1) is 9.48 Å². The van der Waals surface area contributed by atoms with Gasteiger partial charge in [-0.15, -0.1) is 0 Å². The number of anilines is 2. The molecule has 0 aliphatic rings. The molecule has 94 valence electrons. The third-order valence-electron chi connectivity index (χ3n) is 2.66. The number of nitrogens with one attached hydrogen (secondary N) is 1. The number of hydrogen-bond donors (Lipinski definition) is 1. The number of aromatic nitrogens is 1. The summed E-state index contributed by atoms with van der Waals surface area (Å²) in [6.45, 7) is 0. The average Bonchev–Trinajstić information content (AvgIpc) is 2.82. The molecule has 0 aliphatic heterocycles. The van der Waals surface area contributed by atoms with E-state index in [2.05, 4.69) is 38.4 Å². The third kappa shape index (κ3) is 2.85. The second-order valence-electron chi connectivity index (χ2n) is 4.00. The predicted octanol–water partition coefficient (Wildman–Crippen LogP) is 5.32. The van der Waals surface area contributed by atoms with Crippen molar-refractivity contribution < 1.29 is 0 Å². The number of benzene rings is 2. The van der Waals surface area contributed by atoms with E-state index < -0.39 is 0 Å². The van der Waals surface area contributed by atoms with Gasteiger partial charge in [-0.05, 0) is 28.1 Å². The van der Waals surface area contributed by atoms with Gasteiger partial charge < -0.3 is 5.32 Å². The van der Waals surface area contributed by atoms with Gasteiger partial charge in [0, 0.05) is 11.3 Å². The smallest absolute Gasteiger partial charge is 0.188 e. The lowest BCUT2D eigenvalue weighted by molar-refractivity contribution is 1.38. The molecule has 0 aliphatic carbocycles. The SMILES string of the molecule is Brc1sc(Nc2ccccc2)nc1-c1ccccc1. The van der Waals surface area contributed by atoms with Crippen molar-refractivity contribution in [3.8, 4) is 11.3 Å². The van der Waals surface area contributed by atoms with Crippen LogP contribution in [0.25, 0.3) is 11.3 Å². The first-order valence-corrected chi connectivity index (χ1v) is 7.48. The van der Waals surface area contributed by atoms with Crippen LogP contribution in [0.5, 0.6) is 0 Å². The number of para-hydroxylation sites is 1. The Labute approximate surface area is 124 Å². The van der Waals surface area contributed by atoms with E-state index >= 15 is 0 Å². The van der Waals surface area contributed by atoms with Crippen molar-refractivity contribution in [3.63, 3.8) is 0 Å². The van der Waals surface area contributed by atoms with E-state index in [0.717, 1.165) is 25.9 Å². The van der Waals surface area contributed by atoms with Crippen LogP contribution in [0.15, 0.2) is 64.5 Å². The highest BCUT2D eigenvalue weighted by Crippen LogP contribution is 2.36. The molecule has 0 saturated carbocycles. The van der Waals surface area contributed by atoms with Crippen molar-refractivity contribution in [1.29, 1.82) is 0 Å². The van der Waals surface area contributed by atoms with Gasteiger partial charge in [0.1, 0.15) is 0 Å². The highest BCUT2D eigenvalue weighted by atomic mass is 79.9. The van der Waals surface area contributed by atoms with Gasteiger partial charge >= 0.3 is 0 Å². The van der Waals surface area contributed by atoms with Gasteiger partial charge in [-0.2, -0.15) is 0 Å². The number of halogens is 1. The standard InChI is InChI=1S/C15H11BrN2S/c16-14-13(11-7-3-1-4-8-11)18-15(19-14)17-12-9-5-2-6-10-12/h1-10H,(H,17,18). The first kappa shape index (κ1) is 12.4. The van der Waals surface area contributed by atoms with E-state index in [1.165, 1.54) is 0 Å². The molecule has 0 unspecified atom stereocenters. The van der Waals surface area contributed by atoms with E-state index in [9.17, 15) is 0 Å². The second-order valence-corrected chi connectivity index (χ2v) is 6.32. The van der Waals surface area contributed by atoms with Crippen LogP contribution in [0, 0.1) is 0 Å². The number of thiazole rings is 1. The summed E-state index contributed by atoms with van der Waals surface area (Å²) in [5.41, 5.74) is 3.14. The Bertz CT molecular complexity index is 665. The van der Waals surface area contributed by atoms with Gasteiger partial charge in [-0.25, -0.2) is 4.98 Å². The zero-order chi connectivity index (χ0) is 13.1. The molecule has 2 nitrogen and oxygen atoms in total. The van der Waals surface area contributed by atoms with Gasteiger partial charge in [-0.1, -0.05) is 59.9 Å². The molecule has 0 bridgehead atoms. The summed E-state index contributed by atoms with van der Waals surface area (Å²) in [6, 6.07) is 20.2. The maximum Gasteiger partial charge on any atom is 0.188 e. The van der Waals surface area contributed by atoms with Crippen molar-refractivity contribution in [2.24, 2.45) is 0 Å². The number of rotatable bonds is 3. The first-order chi connectivity index (χ1) is 9.33. The van der Waals surface area contributed by atoms with Crippen molar-refractivity contribution >= 4 is 38.1 Å². The summed E-state index contributed by atoms with van der Waals surface area (Å²) in [6.07, 6.45) is 0. The van der Waals surface area contributed by atoms with Crippen LogP contribution in [0.4, 0.5) is 10.8 Å². The van der Waals surface area contributed by atoms with Crippen molar-refractivity contribution in [2.75, 3.05) is 5.32 Å². The molecule has 1 aromatic heterocycles. The molecule has 0 spiro atoms. The molecule has 3 aromatic rings. The second kappa shape index (κ2) is 5.55. The molecule has 3 rings (SSSR count). The highest BCUT2D eigenvalue weighted by molar-refractivity contribution is 9.11. The molecule has 19 heavy (non-hydrogen) atoms. The number of hydrogen-bond acceptors (Lipinski definition) is 3. The minimum atomic E-state index is 0.886. The molecular formula is C15H11BrN2S. The van der Waals surface area contributed by atoms with Crippen LogP contribution >= 0.6 is 27.3 Å². The molecule has 0 amide bonds. The maximum atomic E-state index is 4.64. The van der Waals surface area contributed by atoms with Crippen molar-refractivity contribution in [3.05, 3.63) is 64.5 Å². The summed E-state index contributed by atoms with van der Waals surface area (Å²) >= 11 is 5.18. The molecule has 4 heteroatoms. The lowest BCUT2D eigenvalue weighted by atomic mass is 10.2. The molecular weight excluding hydrogens is 320 g/mol. The molecule has 2 aromatic carbocycles. The minimum Gasteiger partial charge on any atom is -0.332 e. The lowest BCUT2D eigenvalue weighted by Crippen LogP contribution is -1.88. The Morgan fingerprint density at radius 3 is 2.21 bits per heavy atom. The molecule has 0 saturated heterocycles. The largest absolute Gasteiger partial charge is 0.332 e. The molecule has 0 fully saturated rings. The Hall–Kier alpha value is -1.65. The topological polar surface area (TPSA) is 24.9 Å². The van der Waals surface area contributed by atoms with Gasteiger partial charge in [-0.3, -0.25) is 0 Å². The van der Waals surface area contributed by atoms with Crippen LogP contribution in [0.2, 0.25) is 0 Å². The van der Waals surface area contributed by atoms with E-state index in [-0.39, 0.29) is 0 Å². The monoisotopic (exact) mass is 330 g/mol. The quantitative estimate of drug-likeness (QED) is 0.703. The Kier molecular flexibility index (Phi) is 3.62. The fourth-order valence-corrected chi connectivity index (χ4v) is 3.29. The Morgan fingerprint density at radius 1 is 0.895 bits per heavy atom. The molecule has 0 radical (unpaired) electrons.